The highest BCUT2D eigenvalue weighted by atomic mass is 16.5. The van der Waals surface area contributed by atoms with Crippen molar-refractivity contribution < 1.29 is 24.2 Å². The van der Waals surface area contributed by atoms with E-state index >= 15 is 0 Å². The van der Waals surface area contributed by atoms with Gasteiger partial charge in [-0.25, -0.2) is 4.79 Å². The number of hydrogen-bond acceptors (Lipinski definition) is 4. The van der Waals surface area contributed by atoms with E-state index in [9.17, 15) is 14.4 Å². The maximum Gasteiger partial charge on any atom is 0.407 e. The number of carboxylic acid groups (broad SMARTS) is 1. The zero-order valence-electron chi connectivity index (χ0n) is 20.1. The molecule has 0 spiro atoms. The quantitative estimate of drug-likeness (QED) is 0.445. The molecule has 0 saturated heterocycles. The van der Waals surface area contributed by atoms with E-state index in [2.05, 4.69) is 34.9 Å². The zero-order chi connectivity index (χ0) is 24.7. The Morgan fingerprint density at radius 1 is 1.00 bits per heavy atom. The van der Waals surface area contributed by atoms with Crippen molar-refractivity contribution in [2.24, 2.45) is 5.41 Å². The molecule has 7 heteroatoms. The van der Waals surface area contributed by atoms with Crippen molar-refractivity contribution in [3.8, 4) is 11.1 Å². The van der Waals surface area contributed by atoms with Crippen LogP contribution in [0.5, 0.6) is 0 Å². The van der Waals surface area contributed by atoms with E-state index < -0.39 is 18.1 Å². The second kappa shape index (κ2) is 11.2. The van der Waals surface area contributed by atoms with Gasteiger partial charge >= 0.3 is 12.1 Å². The summed E-state index contributed by atoms with van der Waals surface area (Å²) in [6, 6.07) is 15.5. The van der Waals surface area contributed by atoms with Crippen molar-refractivity contribution in [1.82, 2.24) is 10.6 Å². The molecule has 0 radical (unpaired) electrons. The van der Waals surface area contributed by atoms with Crippen LogP contribution in [-0.2, 0) is 14.3 Å². The number of amides is 2. The van der Waals surface area contributed by atoms with Crippen LogP contribution in [0.25, 0.3) is 11.1 Å². The summed E-state index contributed by atoms with van der Waals surface area (Å²) in [5.41, 5.74) is 4.38. The molecule has 0 aliphatic heterocycles. The predicted molar refractivity (Wildman–Crippen MR) is 131 cm³/mol. The van der Waals surface area contributed by atoms with Gasteiger partial charge < -0.3 is 20.5 Å². The Morgan fingerprint density at radius 3 is 2.15 bits per heavy atom. The number of carboxylic acids is 1. The SMILES string of the molecule is CC[C@H](NC(=O)OCC1c2ccccc2-c2ccccc21)C(=O)NCCC(C)(C)CCC(=O)O. The summed E-state index contributed by atoms with van der Waals surface area (Å²) >= 11 is 0. The van der Waals surface area contributed by atoms with Crippen LogP contribution in [0.1, 0.15) is 63.5 Å². The molecule has 7 nitrogen and oxygen atoms in total. The second-order valence-corrected chi connectivity index (χ2v) is 9.53. The van der Waals surface area contributed by atoms with Gasteiger partial charge in [-0.2, -0.15) is 0 Å². The lowest BCUT2D eigenvalue weighted by Crippen LogP contribution is -2.47. The molecule has 0 bridgehead atoms. The molecule has 2 aromatic carbocycles. The van der Waals surface area contributed by atoms with E-state index in [0.29, 0.717) is 25.8 Å². The van der Waals surface area contributed by atoms with E-state index in [1.807, 2.05) is 45.0 Å². The first kappa shape index (κ1) is 25.3. The fourth-order valence-electron chi connectivity index (χ4n) is 4.35. The summed E-state index contributed by atoms with van der Waals surface area (Å²) in [4.78, 5) is 35.9. The number of fused-ring (bicyclic) bond motifs is 3. The molecule has 1 aliphatic rings. The summed E-state index contributed by atoms with van der Waals surface area (Å²) in [7, 11) is 0. The van der Waals surface area contributed by atoms with Crippen molar-refractivity contribution in [3.05, 3.63) is 59.7 Å². The summed E-state index contributed by atoms with van der Waals surface area (Å²) in [6.45, 7) is 6.39. The van der Waals surface area contributed by atoms with Crippen LogP contribution >= 0.6 is 0 Å². The lowest BCUT2D eigenvalue weighted by molar-refractivity contribution is -0.137. The summed E-state index contributed by atoms with van der Waals surface area (Å²) in [5, 5.41) is 14.4. The van der Waals surface area contributed by atoms with Crippen molar-refractivity contribution in [2.75, 3.05) is 13.2 Å². The smallest absolute Gasteiger partial charge is 0.407 e. The average molecular weight is 467 g/mol. The largest absolute Gasteiger partial charge is 0.481 e. The van der Waals surface area contributed by atoms with Gasteiger partial charge in [-0.1, -0.05) is 69.3 Å². The standard InChI is InChI=1S/C27H34N2O5/c1-4-23(25(32)28-16-15-27(2,3)14-13-24(30)31)29-26(33)34-17-22-20-11-7-5-9-18(20)19-10-6-8-12-21(19)22/h5-12,22-23H,4,13-17H2,1-3H3,(H,28,32)(H,29,33)(H,30,31)/t23-/m0/s1. The lowest BCUT2D eigenvalue weighted by Gasteiger charge is -2.24. The third kappa shape index (κ3) is 6.37. The van der Waals surface area contributed by atoms with Gasteiger partial charge in [0.25, 0.3) is 0 Å². The van der Waals surface area contributed by atoms with Crippen LogP contribution < -0.4 is 10.6 Å². The summed E-state index contributed by atoms with van der Waals surface area (Å²) in [6.07, 6.45) is 1.09. The molecule has 0 unspecified atom stereocenters. The number of hydrogen-bond donors (Lipinski definition) is 3. The molecule has 1 aliphatic carbocycles. The van der Waals surface area contributed by atoms with Gasteiger partial charge in [0.15, 0.2) is 0 Å². The topological polar surface area (TPSA) is 105 Å². The highest BCUT2D eigenvalue weighted by Gasteiger charge is 2.29. The highest BCUT2D eigenvalue weighted by molar-refractivity contribution is 5.85. The Labute approximate surface area is 200 Å². The van der Waals surface area contributed by atoms with Gasteiger partial charge in [-0.05, 0) is 46.9 Å². The molecule has 34 heavy (non-hydrogen) atoms. The van der Waals surface area contributed by atoms with Crippen molar-refractivity contribution in [3.63, 3.8) is 0 Å². The van der Waals surface area contributed by atoms with E-state index in [0.717, 1.165) is 22.3 Å². The van der Waals surface area contributed by atoms with E-state index in [4.69, 9.17) is 9.84 Å². The van der Waals surface area contributed by atoms with E-state index in [-0.39, 0.29) is 30.3 Å². The molecule has 2 amide bonds. The van der Waals surface area contributed by atoms with Crippen molar-refractivity contribution >= 4 is 18.0 Å². The zero-order valence-corrected chi connectivity index (χ0v) is 20.1. The highest BCUT2D eigenvalue weighted by Crippen LogP contribution is 2.44. The Balaban J connectivity index is 1.50. The number of nitrogens with one attached hydrogen (secondary N) is 2. The van der Waals surface area contributed by atoms with Crippen molar-refractivity contribution in [1.29, 1.82) is 0 Å². The number of rotatable bonds is 11. The molecule has 3 rings (SSSR count). The fraction of sp³-hybridized carbons (Fsp3) is 0.444. The maximum atomic E-state index is 12.6. The minimum Gasteiger partial charge on any atom is -0.481 e. The number of carbonyl (C=O) groups is 3. The Hall–Kier alpha value is -3.35. The maximum absolute atomic E-state index is 12.6. The molecule has 3 N–H and O–H groups in total. The van der Waals surface area contributed by atoms with Crippen LogP contribution in [0, 0.1) is 5.41 Å². The van der Waals surface area contributed by atoms with Crippen molar-refractivity contribution in [2.45, 2.75) is 58.4 Å². The first-order valence-electron chi connectivity index (χ1n) is 11.8. The van der Waals surface area contributed by atoms with E-state index in [1.54, 1.807) is 0 Å². The van der Waals surface area contributed by atoms with E-state index in [1.165, 1.54) is 0 Å². The molecule has 2 aromatic rings. The molecule has 0 aromatic heterocycles. The van der Waals surface area contributed by atoms with Gasteiger partial charge in [-0.15, -0.1) is 0 Å². The minimum atomic E-state index is -0.824. The average Bonchev–Trinajstić information content (AvgIpc) is 3.13. The van der Waals surface area contributed by atoms with Gasteiger partial charge in [0, 0.05) is 18.9 Å². The number of benzene rings is 2. The number of aliphatic carboxylic acids is 1. The van der Waals surface area contributed by atoms with Gasteiger partial charge in [0.2, 0.25) is 5.91 Å². The number of alkyl carbamates (subject to hydrolysis) is 1. The molecular formula is C27H34N2O5. The molecule has 1 atom stereocenters. The van der Waals surface area contributed by atoms with Crippen LogP contribution in [0.3, 0.4) is 0 Å². The molecule has 182 valence electrons. The monoisotopic (exact) mass is 466 g/mol. The molecular weight excluding hydrogens is 432 g/mol. The molecule has 0 heterocycles. The van der Waals surface area contributed by atoms with Gasteiger partial charge in [-0.3, -0.25) is 9.59 Å². The first-order valence-corrected chi connectivity index (χ1v) is 11.8. The number of ether oxygens (including phenoxy) is 1. The minimum absolute atomic E-state index is 0.0416. The van der Waals surface area contributed by atoms with Crippen LogP contribution in [-0.4, -0.2) is 42.3 Å². The van der Waals surface area contributed by atoms with Gasteiger partial charge in [0.05, 0.1) is 0 Å². The lowest BCUT2D eigenvalue weighted by atomic mass is 9.84. The predicted octanol–water partition coefficient (Wildman–Crippen LogP) is 4.70. The van der Waals surface area contributed by atoms with Crippen LogP contribution in [0.4, 0.5) is 4.79 Å². The number of carbonyl (C=O) groups excluding carboxylic acids is 2. The Bertz CT molecular complexity index is 988. The van der Waals surface area contributed by atoms with Gasteiger partial charge in [0.1, 0.15) is 12.6 Å². The third-order valence-corrected chi connectivity index (χ3v) is 6.48. The second-order valence-electron chi connectivity index (χ2n) is 9.53. The first-order chi connectivity index (χ1) is 16.2. The summed E-state index contributed by atoms with van der Waals surface area (Å²) in [5.74, 6) is -1.14. The third-order valence-electron chi connectivity index (χ3n) is 6.48. The fourth-order valence-corrected chi connectivity index (χ4v) is 4.35. The normalized spacial score (nSPS) is 13.5. The molecule has 0 saturated carbocycles. The van der Waals surface area contributed by atoms with Crippen LogP contribution in [0.2, 0.25) is 0 Å². The summed E-state index contributed by atoms with van der Waals surface area (Å²) < 4.78 is 5.55. The Morgan fingerprint density at radius 2 is 1.59 bits per heavy atom. The Kier molecular flexibility index (Phi) is 8.31. The molecule has 0 fully saturated rings. The van der Waals surface area contributed by atoms with Crippen LogP contribution in [0.15, 0.2) is 48.5 Å².